The third-order valence-electron chi connectivity index (χ3n) is 1.94. The van der Waals surface area contributed by atoms with Crippen LogP contribution in [0.15, 0.2) is 22.7 Å². The van der Waals surface area contributed by atoms with E-state index in [1.807, 2.05) is 6.07 Å². The quantitative estimate of drug-likeness (QED) is 0.765. The summed E-state index contributed by atoms with van der Waals surface area (Å²) in [5.74, 6) is 0. The third-order valence-corrected chi connectivity index (χ3v) is 3.51. The molecule has 98 valence electrons. The van der Waals surface area contributed by atoms with Gasteiger partial charge in [-0.3, -0.25) is 4.72 Å². The molecule has 0 aliphatic carbocycles. The zero-order valence-electron chi connectivity index (χ0n) is 9.60. The summed E-state index contributed by atoms with van der Waals surface area (Å²) in [6.07, 6.45) is 0. The fourth-order valence-electron chi connectivity index (χ4n) is 1.16. The van der Waals surface area contributed by atoms with Crippen molar-refractivity contribution in [3.05, 3.63) is 28.2 Å². The van der Waals surface area contributed by atoms with E-state index in [9.17, 15) is 8.42 Å². The average molecular weight is 334 g/mol. The Morgan fingerprint density at radius 3 is 2.83 bits per heavy atom. The van der Waals surface area contributed by atoms with Gasteiger partial charge in [0.2, 0.25) is 0 Å². The number of hydrogen-bond acceptors (Lipinski definition) is 4. The van der Waals surface area contributed by atoms with Gasteiger partial charge in [0.05, 0.1) is 17.9 Å². The van der Waals surface area contributed by atoms with E-state index in [1.54, 1.807) is 6.07 Å². The minimum absolute atomic E-state index is 0.157. The minimum atomic E-state index is -3.70. The average Bonchev–Trinajstić information content (AvgIpc) is 2.31. The molecule has 0 fully saturated rings. The lowest BCUT2D eigenvalue weighted by Gasteiger charge is -2.10. The highest BCUT2D eigenvalue weighted by Gasteiger charge is 2.12. The second-order valence-corrected chi connectivity index (χ2v) is 5.71. The lowest BCUT2D eigenvalue weighted by Crippen LogP contribution is -2.32. The fourth-order valence-corrected chi connectivity index (χ4v) is 2.41. The normalized spacial score (nSPS) is 10.9. The lowest BCUT2D eigenvalue weighted by atomic mass is 10.2. The maximum absolute atomic E-state index is 11.6. The van der Waals surface area contributed by atoms with Crippen molar-refractivity contribution >= 4 is 31.8 Å². The number of ether oxygens (including phenoxy) is 1. The number of nitriles is 1. The molecule has 1 aromatic carbocycles. The van der Waals surface area contributed by atoms with Crippen molar-refractivity contribution < 1.29 is 13.2 Å². The van der Waals surface area contributed by atoms with Gasteiger partial charge in [-0.05, 0) is 18.2 Å². The van der Waals surface area contributed by atoms with Crippen LogP contribution in [-0.2, 0) is 14.9 Å². The summed E-state index contributed by atoms with van der Waals surface area (Å²) in [7, 11) is -2.22. The highest BCUT2D eigenvalue weighted by Crippen LogP contribution is 2.20. The predicted octanol–water partition coefficient (Wildman–Crippen LogP) is 1.21. The van der Waals surface area contributed by atoms with Crippen molar-refractivity contribution in [2.24, 2.45) is 0 Å². The molecule has 1 aromatic rings. The summed E-state index contributed by atoms with van der Waals surface area (Å²) in [6.45, 7) is 0.427. The first kappa shape index (κ1) is 14.9. The number of nitrogens with zero attached hydrogens (tertiary/aromatic N) is 1. The van der Waals surface area contributed by atoms with E-state index < -0.39 is 10.2 Å². The third kappa shape index (κ3) is 4.62. The van der Waals surface area contributed by atoms with Crippen LogP contribution in [0.25, 0.3) is 0 Å². The van der Waals surface area contributed by atoms with Gasteiger partial charge >= 0.3 is 0 Å². The summed E-state index contributed by atoms with van der Waals surface area (Å²) in [6, 6.07) is 6.61. The Hall–Kier alpha value is -1.14. The molecule has 0 amide bonds. The molecule has 0 spiro atoms. The molecule has 8 heteroatoms. The number of hydrogen-bond donors (Lipinski definition) is 2. The van der Waals surface area contributed by atoms with Crippen LogP contribution in [0.4, 0.5) is 5.69 Å². The van der Waals surface area contributed by atoms with E-state index >= 15 is 0 Å². The smallest absolute Gasteiger partial charge is 0.299 e. The fraction of sp³-hybridized carbons (Fsp3) is 0.300. The maximum Gasteiger partial charge on any atom is 0.299 e. The van der Waals surface area contributed by atoms with Gasteiger partial charge in [-0.1, -0.05) is 15.9 Å². The van der Waals surface area contributed by atoms with Crippen LogP contribution in [0.3, 0.4) is 0 Å². The van der Waals surface area contributed by atoms with Crippen LogP contribution in [0.5, 0.6) is 0 Å². The molecule has 0 saturated carbocycles. The van der Waals surface area contributed by atoms with Crippen LogP contribution in [0.1, 0.15) is 5.56 Å². The molecule has 6 nitrogen and oxygen atoms in total. The maximum atomic E-state index is 11.6. The van der Waals surface area contributed by atoms with E-state index in [0.717, 1.165) is 0 Å². The molecular weight excluding hydrogens is 322 g/mol. The molecule has 2 N–H and O–H groups in total. The molecule has 0 saturated heterocycles. The molecule has 0 aromatic heterocycles. The molecule has 0 unspecified atom stereocenters. The summed E-state index contributed by atoms with van der Waals surface area (Å²) >= 11 is 3.21. The second-order valence-electron chi connectivity index (χ2n) is 3.29. The zero-order valence-corrected chi connectivity index (χ0v) is 12.0. The Labute approximate surface area is 114 Å². The summed E-state index contributed by atoms with van der Waals surface area (Å²) in [4.78, 5) is 0. The monoisotopic (exact) mass is 333 g/mol. The van der Waals surface area contributed by atoms with Gasteiger partial charge < -0.3 is 4.74 Å². The summed E-state index contributed by atoms with van der Waals surface area (Å²) < 4.78 is 33.3. The SMILES string of the molecule is COCCNS(=O)(=O)Nc1ccc(Br)cc1C#N. The van der Waals surface area contributed by atoms with Gasteiger partial charge in [-0.15, -0.1) is 0 Å². The van der Waals surface area contributed by atoms with Gasteiger partial charge in [-0.2, -0.15) is 18.4 Å². The second kappa shape index (κ2) is 6.70. The summed E-state index contributed by atoms with van der Waals surface area (Å²) in [5.41, 5.74) is 0.465. The van der Waals surface area contributed by atoms with Crippen molar-refractivity contribution in [2.75, 3.05) is 25.0 Å². The molecule has 1 rings (SSSR count). The van der Waals surface area contributed by atoms with E-state index in [0.29, 0.717) is 4.47 Å². The molecule has 0 bridgehead atoms. The largest absolute Gasteiger partial charge is 0.383 e. The first-order chi connectivity index (χ1) is 8.48. The van der Waals surface area contributed by atoms with E-state index in [-0.39, 0.29) is 24.4 Å². The van der Waals surface area contributed by atoms with Crippen LogP contribution in [0.2, 0.25) is 0 Å². The van der Waals surface area contributed by atoms with Gasteiger partial charge in [0, 0.05) is 18.1 Å². The van der Waals surface area contributed by atoms with Crippen molar-refractivity contribution in [1.82, 2.24) is 4.72 Å². The van der Waals surface area contributed by atoms with E-state index in [2.05, 4.69) is 25.4 Å². The first-order valence-electron chi connectivity index (χ1n) is 4.94. The summed E-state index contributed by atoms with van der Waals surface area (Å²) in [5, 5.41) is 8.91. The Morgan fingerprint density at radius 1 is 1.50 bits per heavy atom. The Balaban J connectivity index is 2.81. The van der Waals surface area contributed by atoms with Gasteiger partial charge in [-0.25, -0.2) is 0 Å². The molecular formula is C10H12BrN3O3S. The Kier molecular flexibility index (Phi) is 5.55. The van der Waals surface area contributed by atoms with Crippen molar-refractivity contribution in [3.8, 4) is 6.07 Å². The van der Waals surface area contributed by atoms with Gasteiger partial charge in [0.1, 0.15) is 6.07 Å². The number of halogens is 1. The first-order valence-corrected chi connectivity index (χ1v) is 7.22. The number of rotatable bonds is 6. The number of methoxy groups -OCH3 is 1. The van der Waals surface area contributed by atoms with Crippen LogP contribution < -0.4 is 9.44 Å². The van der Waals surface area contributed by atoms with Crippen LogP contribution in [-0.4, -0.2) is 28.7 Å². The minimum Gasteiger partial charge on any atom is -0.383 e. The Morgan fingerprint density at radius 2 is 2.22 bits per heavy atom. The van der Waals surface area contributed by atoms with Crippen LogP contribution in [0, 0.1) is 11.3 Å². The molecule has 0 heterocycles. The van der Waals surface area contributed by atoms with E-state index in [4.69, 9.17) is 10.00 Å². The molecule has 0 aliphatic rings. The van der Waals surface area contributed by atoms with Gasteiger partial charge in [0.15, 0.2) is 0 Å². The van der Waals surface area contributed by atoms with E-state index in [1.165, 1.54) is 19.2 Å². The molecule has 0 radical (unpaired) electrons. The number of nitrogens with one attached hydrogen (secondary N) is 2. The zero-order chi connectivity index (χ0) is 13.6. The van der Waals surface area contributed by atoms with Crippen molar-refractivity contribution in [3.63, 3.8) is 0 Å². The molecule has 0 atom stereocenters. The van der Waals surface area contributed by atoms with Crippen LogP contribution >= 0.6 is 15.9 Å². The van der Waals surface area contributed by atoms with Crippen molar-refractivity contribution in [2.45, 2.75) is 0 Å². The number of anilines is 1. The topological polar surface area (TPSA) is 91.2 Å². The number of benzene rings is 1. The highest BCUT2D eigenvalue weighted by atomic mass is 79.9. The molecule has 0 aliphatic heterocycles. The predicted molar refractivity (Wildman–Crippen MR) is 71.3 cm³/mol. The van der Waals surface area contributed by atoms with Gasteiger partial charge in [0.25, 0.3) is 10.2 Å². The van der Waals surface area contributed by atoms with Crippen molar-refractivity contribution in [1.29, 1.82) is 5.26 Å². The molecule has 18 heavy (non-hydrogen) atoms. The standard InChI is InChI=1S/C10H12BrN3O3S/c1-17-5-4-13-18(15,16)14-10-3-2-9(11)6-8(10)7-12/h2-3,6,13-14H,4-5H2,1H3. The highest BCUT2D eigenvalue weighted by molar-refractivity contribution is 9.10. The lowest BCUT2D eigenvalue weighted by molar-refractivity contribution is 0.204. The Bertz CT molecular complexity index is 554.